The fourth-order valence-electron chi connectivity index (χ4n) is 0.249. The first-order valence-electron chi connectivity index (χ1n) is 3.91. The van der Waals surface area contributed by atoms with E-state index in [1.807, 2.05) is 11.8 Å². The molecule has 0 aliphatic heterocycles. The van der Waals surface area contributed by atoms with E-state index in [2.05, 4.69) is 34.8 Å². The van der Waals surface area contributed by atoms with Gasteiger partial charge in [-0.25, -0.2) is 0 Å². The molecule has 0 spiro atoms. The van der Waals surface area contributed by atoms with Crippen LogP contribution in [0.3, 0.4) is 0 Å². The summed E-state index contributed by atoms with van der Waals surface area (Å²) in [5.74, 6) is 2.77. The van der Waals surface area contributed by atoms with Gasteiger partial charge in [0.2, 0.25) is 0 Å². The van der Waals surface area contributed by atoms with Crippen molar-refractivity contribution >= 4 is 63.5 Å². The van der Waals surface area contributed by atoms with Gasteiger partial charge in [0.15, 0.2) is 0 Å². The first-order chi connectivity index (χ1) is 6.33. The summed E-state index contributed by atoms with van der Waals surface area (Å²) in [5, 5.41) is 1.02. The summed E-state index contributed by atoms with van der Waals surface area (Å²) >= 11 is 19.8. The van der Waals surface area contributed by atoms with Crippen LogP contribution in [0.4, 0.5) is 0 Å². The third kappa shape index (κ3) is 46.4. The third-order valence-corrected chi connectivity index (χ3v) is 2.54. The van der Waals surface area contributed by atoms with E-state index in [9.17, 15) is 0 Å². The number of hydrogen-bond donors (Lipinski definition) is 0. The smallest absolute Gasteiger partial charge is 0.796 e. The molecule has 0 aromatic rings. The zero-order valence-corrected chi connectivity index (χ0v) is 15.9. The maximum Gasteiger partial charge on any atom is 1.00 e. The average Bonchev–Trinajstić information content (AvgIpc) is 2.20. The monoisotopic (exact) mass is 350 g/mol. The van der Waals surface area contributed by atoms with Crippen LogP contribution in [-0.2, 0) is 12.6 Å². The Morgan fingerprint density at radius 2 is 1.57 bits per heavy atom. The van der Waals surface area contributed by atoms with Crippen LogP contribution < -0.4 is 29.6 Å². The molecule has 0 saturated carbocycles. The molecule has 0 N–H and O–H groups in total. The van der Waals surface area contributed by atoms with Crippen molar-refractivity contribution in [1.29, 1.82) is 0 Å². The second kappa shape index (κ2) is 36.0. The second-order valence-electron chi connectivity index (χ2n) is 1.77. The van der Waals surface area contributed by atoms with E-state index in [4.69, 9.17) is 23.2 Å². The Kier molecular flexibility index (Phi) is 65.8. The topological polar surface area (TPSA) is 0 Å². The van der Waals surface area contributed by atoms with Gasteiger partial charge in [0, 0.05) is 17.1 Å². The molecule has 0 heterocycles. The minimum absolute atomic E-state index is 0. The van der Waals surface area contributed by atoms with Crippen LogP contribution in [0.15, 0.2) is 0 Å². The van der Waals surface area contributed by atoms with Crippen LogP contribution >= 0.6 is 50.9 Å². The van der Waals surface area contributed by atoms with Crippen molar-refractivity contribution in [3.63, 3.8) is 0 Å². The molecule has 0 aromatic carbocycles. The quantitative estimate of drug-likeness (QED) is 0.315. The van der Waals surface area contributed by atoms with Gasteiger partial charge in [-0.15, -0.1) is 23.2 Å². The van der Waals surface area contributed by atoms with E-state index in [1.54, 1.807) is 6.26 Å². The maximum absolute atomic E-state index is 5.37. The first kappa shape index (κ1) is 25.6. The van der Waals surface area contributed by atoms with Crippen LogP contribution in [0.5, 0.6) is 0 Å². The Morgan fingerprint density at radius 3 is 1.64 bits per heavy atom. The van der Waals surface area contributed by atoms with Crippen molar-refractivity contribution in [1.82, 2.24) is 0 Å². The molecule has 0 aliphatic rings. The number of alkyl halides is 3. The molecule has 0 atom stereocenters. The van der Waals surface area contributed by atoms with Crippen LogP contribution in [-0.4, -0.2) is 35.4 Å². The SMILES string of the molecule is CSCCCCl.C[S-].ClCCCBr.[Na+]. The van der Waals surface area contributed by atoms with E-state index in [0.717, 1.165) is 29.9 Å². The number of hydrogen-bond acceptors (Lipinski definition) is 2. The van der Waals surface area contributed by atoms with Crippen molar-refractivity contribution in [3.8, 4) is 0 Å². The predicted octanol–water partition coefficient (Wildman–Crippen LogP) is 1.16. The zero-order chi connectivity index (χ0) is 10.9. The van der Waals surface area contributed by atoms with Gasteiger partial charge in [-0.3, -0.25) is 0 Å². The van der Waals surface area contributed by atoms with Crippen LogP contribution in [0, 0.1) is 0 Å². The van der Waals surface area contributed by atoms with E-state index in [0.29, 0.717) is 0 Å². The summed E-state index contributed by atoms with van der Waals surface area (Å²) < 4.78 is 0. The molecule has 84 valence electrons. The van der Waals surface area contributed by atoms with Gasteiger partial charge in [-0.05, 0) is 24.9 Å². The molecule has 6 heteroatoms. The van der Waals surface area contributed by atoms with Gasteiger partial charge in [0.05, 0.1) is 0 Å². The molecule has 0 unspecified atom stereocenters. The Bertz CT molecular complexity index is 58.6. The number of halogens is 3. The Balaban J connectivity index is -0.0000000576. The van der Waals surface area contributed by atoms with Crippen molar-refractivity contribution in [2.45, 2.75) is 12.8 Å². The third-order valence-electron chi connectivity index (χ3n) is 0.749. The van der Waals surface area contributed by atoms with E-state index in [-0.39, 0.29) is 29.6 Å². The standard InChI is InChI=1S/C4H9ClS.C3H6BrCl.CH4S.Na/c1-6-4-2-3-5;4-2-1-3-5;1-2;/h2-4H2,1H3;1-3H2;2H,1H3;/q;;;+1/p-1. The molecular weight excluding hydrogens is 334 g/mol. The predicted molar refractivity (Wildman–Crippen MR) is 76.1 cm³/mol. The minimum atomic E-state index is 0. The Labute approximate surface area is 139 Å². The van der Waals surface area contributed by atoms with Gasteiger partial charge in [-0.2, -0.15) is 18.0 Å². The Morgan fingerprint density at radius 1 is 1.14 bits per heavy atom. The van der Waals surface area contributed by atoms with Gasteiger partial charge >= 0.3 is 29.6 Å². The van der Waals surface area contributed by atoms with E-state index < -0.39 is 0 Å². The summed E-state index contributed by atoms with van der Waals surface area (Å²) in [7, 11) is 0. The van der Waals surface area contributed by atoms with Crippen LogP contribution in [0.25, 0.3) is 0 Å². The summed E-state index contributed by atoms with van der Waals surface area (Å²) in [4.78, 5) is 0. The van der Waals surface area contributed by atoms with E-state index >= 15 is 0 Å². The van der Waals surface area contributed by atoms with Crippen molar-refractivity contribution in [2.24, 2.45) is 0 Å². The molecule has 0 fully saturated rings. The van der Waals surface area contributed by atoms with Crippen molar-refractivity contribution < 1.29 is 29.6 Å². The molecule has 0 bridgehead atoms. The van der Waals surface area contributed by atoms with Gasteiger partial charge in [-0.1, -0.05) is 15.9 Å². The van der Waals surface area contributed by atoms with E-state index in [1.165, 1.54) is 5.75 Å². The molecule has 0 rings (SSSR count). The summed E-state index contributed by atoms with van der Waals surface area (Å²) in [6.45, 7) is 0. The number of thioether (sulfide) groups is 1. The molecule has 14 heavy (non-hydrogen) atoms. The van der Waals surface area contributed by atoms with Crippen LogP contribution in [0.1, 0.15) is 12.8 Å². The fraction of sp³-hybridized carbons (Fsp3) is 1.00. The molecule has 0 aliphatic carbocycles. The second-order valence-corrected chi connectivity index (χ2v) is 4.30. The van der Waals surface area contributed by atoms with Gasteiger partial charge < -0.3 is 12.6 Å². The largest absolute Gasteiger partial charge is 1.00 e. The number of rotatable bonds is 5. The summed E-state index contributed by atoms with van der Waals surface area (Å²) in [6.07, 6.45) is 5.89. The molecular formula is C8H18BrCl2NaS2. The van der Waals surface area contributed by atoms with Gasteiger partial charge in [0.25, 0.3) is 0 Å². The van der Waals surface area contributed by atoms with Crippen molar-refractivity contribution in [3.05, 3.63) is 0 Å². The summed E-state index contributed by atoms with van der Waals surface area (Å²) in [6, 6.07) is 0. The molecule has 0 radical (unpaired) electrons. The normalized spacial score (nSPS) is 7.29. The fourth-order valence-corrected chi connectivity index (χ4v) is 1.71. The van der Waals surface area contributed by atoms with Gasteiger partial charge in [0.1, 0.15) is 0 Å². The molecule has 0 nitrogen and oxygen atoms in total. The Hall–Kier alpha value is 2.76. The molecule has 0 amide bonds. The first-order valence-corrected chi connectivity index (χ1v) is 8.31. The van der Waals surface area contributed by atoms with Crippen molar-refractivity contribution in [2.75, 3.05) is 35.4 Å². The maximum atomic E-state index is 5.37. The molecule has 0 aromatic heterocycles. The zero-order valence-electron chi connectivity index (χ0n) is 9.19. The molecule has 0 saturated heterocycles. The average molecular weight is 352 g/mol. The minimum Gasteiger partial charge on any atom is -0.796 e. The summed E-state index contributed by atoms with van der Waals surface area (Å²) in [5.41, 5.74) is 0. The van der Waals surface area contributed by atoms with Crippen LogP contribution in [0.2, 0.25) is 0 Å².